The molecule has 3 heterocycles. The lowest BCUT2D eigenvalue weighted by atomic mass is 9.84. The molecule has 0 radical (unpaired) electrons. The van der Waals surface area contributed by atoms with Crippen LogP contribution in [0.15, 0.2) is 42.9 Å². The summed E-state index contributed by atoms with van der Waals surface area (Å²) in [7, 11) is 1.63. The Morgan fingerprint density at radius 1 is 1.11 bits per heavy atom. The predicted octanol–water partition coefficient (Wildman–Crippen LogP) is 4.54. The SMILES string of the molecule is COCCCN(C(=O)C1(N(C(=O)OC(C)(C)C)c2ncnc3[nH]ccc23)CCNCC1)c1ccc(Cl)cc1. The highest BCUT2D eigenvalue weighted by Crippen LogP contribution is 2.38. The van der Waals surface area contributed by atoms with Crippen molar-refractivity contribution in [3.05, 3.63) is 47.9 Å². The third-order valence-electron chi connectivity index (χ3n) is 6.49. The van der Waals surface area contributed by atoms with Gasteiger partial charge in [-0.2, -0.15) is 0 Å². The number of halogens is 1. The van der Waals surface area contributed by atoms with Gasteiger partial charge in [-0.25, -0.2) is 19.7 Å². The van der Waals surface area contributed by atoms with Gasteiger partial charge in [0.15, 0.2) is 5.82 Å². The normalized spacial score (nSPS) is 15.3. The summed E-state index contributed by atoms with van der Waals surface area (Å²) in [4.78, 5) is 43.8. The van der Waals surface area contributed by atoms with E-state index in [0.29, 0.717) is 73.1 Å². The lowest BCUT2D eigenvalue weighted by Crippen LogP contribution is -2.66. The van der Waals surface area contributed by atoms with Crippen LogP contribution in [0.3, 0.4) is 0 Å². The summed E-state index contributed by atoms with van der Waals surface area (Å²) in [6, 6.07) is 8.93. The first-order valence-electron chi connectivity index (χ1n) is 12.7. The van der Waals surface area contributed by atoms with Gasteiger partial charge in [-0.3, -0.25) is 4.79 Å². The van der Waals surface area contributed by atoms with Gasteiger partial charge in [0.2, 0.25) is 0 Å². The molecule has 0 aliphatic carbocycles. The molecule has 1 fully saturated rings. The van der Waals surface area contributed by atoms with Crippen molar-refractivity contribution in [3.63, 3.8) is 0 Å². The number of methoxy groups -OCH3 is 1. The maximum absolute atomic E-state index is 14.8. The second-order valence-corrected chi connectivity index (χ2v) is 10.8. The zero-order valence-corrected chi connectivity index (χ0v) is 23.0. The van der Waals surface area contributed by atoms with E-state index < -0.39 is 17.2 Å². The maximum atomic E-state index is 14.8. The van der Waals surface area contributed by atoms with Gasteiger partial charge in [0.1, 0.15) is 23.1 Å². The van der Waals surface area contributed by atoms with Crippen LogP contribution in [0, 0.1) is 0 Å². The summed E-state index contributed by atoms with van der Waals surface area (Å²) in [6.45, 7) is 7.37. The first-order chi connectivity index (χ1) is 18.2. The van der Waals surface area contributed by atoms with Crippen molar-refractivity contribution in [2.24, 2.45) is 0 Å². The molecule has 0 bridgehead atoms. The molecule has 1 saturated heterocycles. The van der Waals surface area contributed by atoms with Crippen molar-refractivity contribution in [1.29, 1.82) is 0 Å². The molecule has 3 aromatic rings. The van der Waals surface area contributed by atoms with Crippen molar-refractivity contribution in [2.45, 2.75) is 51.2 Å². The number of carbonyl (C=O) groups is 2. The fraction of sp³-hybridized carbons (Fsp3) is 0.481. The van der Waals surface area contributed by atoms with Crippen LogP contribution in [-0.4, -0.2) is 71.4 Å². The second kappa shape index (κ2) is 11.7. The molecule has 2 amide bonds. The van der Waals surface area contributed by atoms with E-state index in [2.05, 4.69) is 20.3 Å². The number of H-pyrrole nitrogens is 1. The fourth-order valence-electron chi connectivity index (χ4n) is 4.77. The van der Waals surface area contributed by atoms with E-state index in [-0.39, 0.29) is 5.91 Å². The monoisotopic (exact) mass is 542 g/mol. The third kappa shape index (κ3) is 5.92. The minimum Gasteiger partial charge on any atom is -0.443 e. The van der Waals surface area contributed by atoms with Gasteiger partial charge in [-0.1, -0.05) is 11.6 Å². The lowest BCUT2D eigenvalue weighted by molar-refractivity contribution is -0.125. The van der Waals surface area contributed by atoms with Gasteiger partial charge in [-0.05, 0) is 83.5 Å². The maximum Gasteiger partial charge on any atom is 0.417 e. The molecule has 10 nitrogen and oxygen atoms in total. The topological polar surface area (TPSA) is 113 Å². The molecule has 1 aliphatic rings. The van der Waals surface area contributed by atoms with Crippen LogP contribution >= 0.6 is 11.6 Å². The van der Waals surface area contributed by atoms with Gasteiger partial charge in [0, 0.05) is 37.2 Å². The summed E-state index contributed by atoms with van der Waals surface area (Å²) < 4.78 is 11.2. The van der Waals surface area contributed by atoms with E-state index in [1.165, 1.54) is 11.2 Å². The number of carbonyl (C=O) groups excluding carboxylic acids is 2. The zero-order valence-electron chi connectivity index (χ0n) is 22.3. The Balaban J connectivity index is 1.88. The van der Waals surface area contributed by atoms with Crippen LogP contribution in [0.4, 0.5) is 16.3 Å². The van der Waals surface area contributed by atoms with Crippen LogP contribution < -0.4 is 15.1 Å². The fourth-order valence-corrected chi connectivity index (χ4v) is 4.90. The van der Waals surface area contributed by atoms with Gasteiger partial charge in [0.05, 0.1) is 5.39 Å². The summed E-state index contributed by atoms with van der Waals surface area (Å²) in [5.41, 5.74) is -0.800. The van der Waals surface area contributed by atoms with E-state index >= 15 is 0 Å². The molecule has 0 unspecified atom stereocenters. The largest absolute Gasteiger partial charge is 0.443 e. The number of hydrogen-bond acceptors (Lipinski definition) is 7. The quantitative estimate of drug-likeness (QED) is 0.402. The predicted molar refractivity (Wildman–Crippen MR) is 148 cm³/mol. The van der Waals surface area contributed by atoms with Crippen molar-refractivity contribution in [2.75, 3.05) is 43.2 Å². The highest BCUT2D eigenvalue weighted by atomic mass is 35.5. The molecule has 0 spiro atoms. The Morgan fingerprint density at radius 2 is 1.82 bits per heavy atom. The van der Waals surface area contributed by atoms with Gasteiger partial charge < -0.3 is 24.7 Å². The molecule has 2 N–H and O–H groups in total. The van der Waals surface area contributed by atoms with E-state index in [9.17, 15) is 9.59 Å². The Morgan fingerprint density at radius 3 is 2.47 bits per heavy atom. The Kier molecular flexibility index (Phi) is 8.54. The Hall–Kier alpha value is -3.21. The lowest BCUT2D eigenvalue weighted by Gasteiger charge is -2.46. The van der Waals surface area contributed by atoms with Crippen LogP contribution in [0.2, 0.25) is 5.02 Å². The number of anilines is 2. The number of amides is 2. The van der Waals surface area contributed by atoms with E-state index in [4.69, 9.17) is 21.1 Å². The molecule has 0 saturated carbocycles. The molecule has 204 valence electrons. The average molecular weight is 543 g/mol. The summed E-state index contributed by atoms with van der Waals surface area (Å²) in [6.07, 6.45) is 3.84. The van der Waals surface area contributed by atoms with Crippen molar-refractivity contribution in [1.82, 2.24) is 20.3 Å². The first-order valence-corrected chi connectivity index (χ1v) is 13.1. The number of rotatable bonds is 8. The standard InChI is InChI=1S/C27H35ClN6O4/c1-26(2,3)38-25(36)34(23-21-10-13-30-22(21)31-18-32-23)27(11-14-29-15-12-27)24(35)33(16-5-17-37-4)20-8-6-19(28)7-9-20/h6-10,13,18,29H,5,11-12,14-17H2,1-4H3,(H,30,31,32). The van der Waals surface area contributed by atoms with Crippen LogP contribution in [0.5, 0.6) is 0 Å². The number of aromatic nitrogens is 3. The Bertz CT molecular complexity index is 1250. The summed E-state index contributed by atoms with van der Waals surface area (Å²) in [5.74, 6) is 0.110. The number of nitrogens with zero attached hydrogens (tertiary/aromatic N) is 4. The van der Waals surface area contributed by atoms with Crippen molar-refractivity contribution in [3.8, 4) is 0 Å². The molecule has 1 aromatic carbocycles. The number of hydrogen-bond donors (Lipinski definition) is 2. The smallest absolute Gasteiger partial charge is 0.417 e. The first kappa shape index (κ1) is 27.8. The molecular formula is C27H35ClN6O4. The molecule has 4 rings (SSSR count). The molecule has 11 heteroatoms. The molecular weight excluding hydrogens is 508 g/mol. The number of piperidine rings is 1. The van der Waals surface area contributed by atoms with E-state index in [1.807, 2.05) is 12.1 Å². The van der Waals surface area contributed by atoms with Gasteiger partial charge in [0.25, 0.3) is 5.91 Å². The van der Waals surface area contributed by atoms with Crippen LogP contribution in [0.25, 0.3) is 11.0 Å². The number of nitrogens with one attached hydrogen (secondary N) is 2. The minimum atomic E-state index is -1.27. The van der Waals surface area contributed by atoms with Crippen molar-refractivity contribution >= 4 is 46.1 Å². The van der Waals surface area contributed by atoms with E-state index in [1.54, 1.807) is 57.2 Å². The van der Waals surface area contributed by atoms with Crippen LogP contribution in [-0.2, 0) is 14.3 Å². The number of fused-ring (bicyclic) bond motifs is 1. The average Bonchev–Trinajstić information content (AvgIpc) is 3.37. The van der Waals surface area contributed by atoms with E-state index in [0.717, 1.165) is 0 Å². The molecule has 1 aliphatic heterocycles. The van der Waals surface area contributed by atoms with Crippen molar-refractivity contribution < 1.29 is 19.1 Å². The zero-order chi connectivity index (χ0) is 27.3. The molecule has 38 heavy (non-hydrogen) atoms. The Labute approximate surface area is 227 Å². The van der Waals surface area contributed by atoms with Gasteiger partial charge in [-0.15, -0.1) is 0 Å². The summed E-state index contributed by atoms with van der Waals surface area (Å²) in [5, 5.41) is 4.53. The highest BCUT2D eigenvalue weighted by Gasteiger charge is 2.52. The number of ether oxygens (including phenoxy) is 2. The number of benzene rings is 1. The highest BCUT2D eigenvalue weighted by molar-refractivity contribution is 6.30. The minimum absolute atomic E-state index is 0.217. The third-order valence-corrected chi connectivity index (χ3v) is 6.74. The second-order valence-electron chi connectivity index (χ2n) is 10.3. The molecule has 2 aromatic heterocycles. The summed E-state index contributed by atoms with van der Waals surface area (Å²) >= 11 is 6.16. The number of aromatic amines is 1. The van der Waals surface area contributed by atoms with Crippen LogP contribution in [0.1, 0.15) is 40.0 Å². The molecule has 0 atom stereocenters. The van der Waals surface area contributed by atoms with Gasteiger partial charge >= 0.3 is 6.09 Å².